The Morgan fingerprint density at radius 3 is 2.38 bits per heavy atom. The standard InChI is InChI=1S/C18H15NO5/c1-22-17-9-5-3-7-14(17)15(20)11-24-18(21)12-23-16-8-4-2-6-13(16)10-19/h2-9H,11-12H2,1H3. The van der Waals surface area contributed by atoms with Crippen LogP contribution in [0.2, 0.25) is 0 Å². The summed E-state index contributed by atoms with van der Waals surface area (Å²) in [7, 11) is 1.46. The van der Waals surface area contributed by atoms with Crippen molar-refractivity contribution in [3.05, 3.63) is 59.7 Å². The SMILES string of the molecule is COc1ccccc1C(=O)COC(=O)COc1ccccc1C#N. The lowest BCUT2D eigenvalue weighted by molar-refractivity contribution is -0.144. The summed E-state index contributed by atoms with van der Waals surface area (Å²) in [6.07, 6.45) is 0. The molecule has 2 rings (SSSR count). The van der Waals surface area contributed by atoms with Gasteiger partial charge in [-0.2, -0.15) is 5.26 Å². The highest BCUT2D eigenvalue weighted by atomic mass is 16.6. The predicted molar refractivity (Wildman–Crippen MR) is 84.9 cm³/mol. The van der Waals surface area contributed by atoms with E-state index in [0.29, 0.717) is 16.9 Å². The Labute approximate surface area is 139 Å². The molecule has 6 nitrogen and oxygen atoms in total. The van der Waals surface area contributed by atoms with Gasteiger partial charge < -0.3 is 14.2 Å². The number of carbonyl (C=O) groups is 2. The summed E-state index contributed by atoms with van der Waals surface area (Å²) in [4.78, 5) is 23.8. The molecule has 6 heteroatoms. The lowest BCUT2D eigenvalue weighted by Crippen LogP contribution is -2.20. The number of nitriles is 1. The van der Waals surface area contributed by atoms with E-state index >= 15 is 0 Å². The van der Waals surface area contributed by atoms with Gasteiger partial charge in [0, 0.05) is 0 Å². The number of ether oxygens (including phenoxy) is 3. The van der Waals surface area contributed by atoms with E-state index in [2.05, 4.69) is 0 Å². The summed E-state index contributed by atoms with van der Waals surface area (Å²) in [5.74, 6) is -0.380. The van der Waals surface area contributed by atoms with Crippen LogP contribution in [0.4, 0.5) is 0 Å². The van der Waals surface area contributed by atoms with Gasteiger partial charge in [-0.05, 0) is 24.3 Å². The van der Waals surface area contributed by atoms with E-state index in [0.717, 1.165) is 0 Å². The van der Waals surface area contributed by atoms with Crippen LogP contribution in [0.5, 0.6) is 11.5 Å². The van der Waals surface area contributed by atoms with Crippen molar-refractivity contribution in [2.75, 3.05) is 20.3 Å². The number of ketones is 1. The number of rotatable bonds is 7. The molecular weight excluding hydrogens is 310 g/mol. The van der Waals surface area contributed by atoms with Crippen LogP contribution >= 0.6 is 0 Å². The van der Waals surface area contributed by atoms with Crippen molar-refractivity contribution in [2.45, 2.75) is 0 Å². The number of benzene rings is 2. The Hall–Kier alpha value is -3.33. The van der Waals surface area contributed by atoms with Crippen LogP contribution < -0.4 is 9.47 Å². The van der Waals surface area contributed by atoms with E-state index in [9.17, 15) is 9.59 Å². The van der Waals surface area contributed by atoms with Gasteiger partial charge in [-0.15, -0.1) is 0 Å². The number of esters is 1. The molecule has 0 atom stereocenters. The number of hydrogen-bond donors (Lipinski definition) is 0. The molecule has 0 heterocycles. The summed E-state index contributed by atoms with van der Waals surface area (Å²) >= 11 is 0. The second-order valence-corrected chi connectivity index (χ2v) is 4.68. The average molecular weight is 325 g/mol. The zero-order valence-electron chi connectivity index (χ0n) is 13.0. The van der Waals surface area contributed by atoms with Crippen molar-refractivity contribution in [1.29, 1.82) is 5.26 Å². The molecule has 0 fully saturated rings. The maximum absolute atomic E-state index is 12.1. The van der Waals surface area contributed by atoms with Crippen molar-refractivity contribution in [3.63, 3.8) is 0 Å². The van der Waals surface area contributed by atoms with E-state index in [-0.39, 0.29) is 11.5 Å². The van der Waals surface area contributed by atoms with E-state index in [1.165, 1.54) is 7.11 Å². The van der Waals surface area contributed by atoms with Gasteiger partial charge in [-0.1, -0.05) is 24.3 Å². The Morgan fingerprint density at radius 1 is 1.00 bits per heavy atom. The number of hydrogen-bond acceptors (Lipinski definition) is 6. The van der Waals surface area contributed by atoms with Gasteiger partial charge in [0.05, 0.1) is 18.2 Å². The predicted octanol–water partition coefficient (Wildman–Crippen LogP) is 2.37. The van der Waals surface area contributed by atoms with E-state index in [1.807, 2.05) is 6.07 Å². The Kier molecular flexibility index (Phi) is 5.92. The second-order valence-electron chi connectivity index (χ2n) is 4.68. The van der Waals surface area contributed by atoms with Gasteiger partial charge in [-0.3, -0.25) is 4.79 Å². The van der Waals surface area contributed by atoms with Crippen molar-refractivity contribution in [3.8, 4) is 17.6 Å². The van der Waals surface area contributed by atoms with Crippen LogP contribution in [0.15, 0.2) is 48.5 Å². The fourth-order valence-corrected chi connectivity index (χ4v) is 1.96. The first kappa shape index (κ1) is 17.0. The smallest absolute Gasteiger partial charge is 0.344 e. The van der Waals surface area contributed by atoms with E-state index in [4.69, 9.17) is 19.5 Å². The number of Topliss-reactive ketones (excluding diaryl/α,β-unsaturated/α-hetero) is 1. The van der Waals surface area contributed by atoms with Gasteiger partial charge in [0.25, 0.3) is 0 Å². The Balaban J connectivity index is 1.87. The highest BCUT2D eigenvalue weighted by Gasteiger charge is 2.14. The van der Waals surface area contributed by atoms with Gasteiger partial charge in [0.2, 0.25) is 5.78 Å². The molecule has 0 amide bonds. The third kappa shape index (κ3) is 4.34. The lowest BCUT2D eigenvalue weighted by Gasteiger charge is -2.09. The highest BCUT2D eigenvalue weighted by molar-refractivity contribution is 6.00. The number of carbonyl (C=O) groups excluding carboxylic acids is 2. The van der Waals surface area contributed by atoms with Gasteiger partial charge in [0.15, 0.2) is 13.2 Å². The van der Waals surface area contributed by atoms with Crippen molar-refractivity contribution in [1.82, 2.24) is 0 Å². The molecule has 0 unspecified atom stereocenters. The molecule has 0 saturated carbocycles. The monoisotopic (exact) mass is 325 g/mol. The molecule has 2 aromatic rings. The molecule has 2 aromatic carbocycles. The summed E-state index contributed by atoms with van der Waals surface area (Å²) in [6, 6.07) is 15.2. The topological polar surface area (TPSA) is 85.6 Å². The van der Waals surface area contributed by atoms with Crippen LogP contribution in [0, 0.1) is 11.3 Å². The molecular formula is C18H15NO5. The third-order valence-corrected chi connectivity index (χ3v) is 3.12. The number of para-hydroxylation sites is 2. The van der Waals surface area contributed by atoms with Crippen LogP contribution in [0.1, 0.15) is 15.9 Å². The van der Waals surface area contributed by atoms with Crippen molar-refractivity contribution >= 4 is 11.8 Å². The normalized spacial score (nSPS) is 9.67. The van der Waals surface area contributed by atoms with E-state index in [1.54, 1.807) is 48.5 Å². The molecule has 0 aliphatic carbocycles. The van der Waals surface area contributed by atoms with Crippen molar-refractivity contribution < 1.29 is 23.8 Å². The zero-order valence-corrected chi connectivity index (χ0v) is 13.0. The largest absolute Gasteiger partial charge is 0.496 e. The molecule has 0 spiro atoms. The van der Waals surface area contributed by atoms with Gasteiger partial charge in [0.1, 0.15) is 17.6 Å². The fourth-order valence-electron chi connectivity index (χ4n) is 1.96. The minimum absolute atomic E-state index is 0.285. The average Bonchev–Trinajstić information content (AvgIpc) is 2.64. The molecule has 0 saturated heterocycles. The fraction of sp³-hybridized carbons (Fsp3) is 0.167. The molecule has 24 heavy (non-hydrogen) atoms. The first-order chi connectivity index (χ1) is 11.7. The first-order valence-electron chi connectivity index (χ1n) is 7.09. The summed E-state index contributed by atoms with van der Waals surface area (Å²) in [6.45, 7) is -0.805. The first-order valence-corrected chi connectivity index (χ1v) is 7.09. The second kappa shape index (κ2) is 8.34. The van der Waals surface area contributed by atoms with E-state index < -0.39 is 19.2 Å². The Bertz CT molecular complexity index is 779. The molecule has 122 valence electrons. The molecule has 0 bridgehead atoms. The molecule has 0 aliphatic rings. The molecule has 0 aromatic heterocycles. The quantitative estimate of drug-likeness (QED) is 0.574. The molecule has 0 radical (unpaired) electrons. The van der Waals surface area contributed by atoms with Crippen LogP contribution in [-0.2, 0) is 9.53 Å². The van der Waals surface area contributed by atoms with Crippen LogP contribution in [-0.4, -0.2) is 32.1 Å². The van der Waals surface area contributed by atoms with Crippen LogP contribution in [0.25, 0.3) is 0 Å². The third-order valence-electron chi connectivity index (χ3n) is 3.12. The van der Waals surface area contributed by atoms with Gasteiger partial charge in [-0.25, -0.2) is 4.79 Å². The molecule has 0 aliphatic heterocycles. The highest BCUT2D eigenvalue weighted by Crippen LogP contribution is 2.18. The molecule has 0 N–H and O–H groups in total. The number of methoxy groups -OCH3 is 1. The minimum Gasteiger partial charge on any atom is -0.496 e. The lowest BCUT2D eigenvalue weighted by atomic mass is 10.1. The summed E-state index contributed by atoms with van der Waals surface area (Å²) < 4.78 is 15.2. The number of nitrogens with zero attached hydrogens (tertiary/aromatic N) is 1. The zero-order chi connectivity index (χ0) is 17.4. The summed E-state index contributed by atoms with van der Waals surface area (Å²) in [5, 5.41) is 8.93. The maximum atomic E-state index is 12.1. The van der Waals surface area contributed by atoms with Crippen molar-refractivity contribution in [2.24, 2.45) is 0 Å². The van der Waals surface area contributed by atoms with Crippen LogP contribution in [0.3, 0.4) is 0 Å². The minimum atomic E-state index is -0.703. The Morgan fingerprint density at radius 2 is 1.67 bits per heavy atom. The maximum Gasteiger partial charge on any atom is 0.344 e. The summed E-state index contributed by atoms with van der Waals surface area (Å²) in [5.41, 5.74) is 0.652. The van der Waals surface area contributed by atoms with Gasteiger partial charge >= 0.3 is 5.97 Å².